The van der Waals surface area contributed by atoms with E-state index >= 15 is 0 Å². The van der Waals surface area contributed by atoms with Gasteiger partial charge in [-0.15, -0.1) is 0 Å². The van der Waals surface area contributed by atoms with E-state index in [1.54, 1.807) is 0 Å². The molecule has 0 aliphatic carbocycles. The second-order valence-corrected chi connectivity index (χ2v) is 6.92. The van der Waals surface area contributed by atoms with Gasteiger partial charge in [-0.1, -0.05) is 60.7 Å². The Morgan fingerprint density at radius 3 is 1.48 bits per heavy atom. The van der Waals surface area contributed by atoms with Crippen LogP contribution < -0.4 is 0 Å². The van der Waals surface area contributed by atoms with E-state index in [2.05, 4.69) is 0 Å². The van der Waals surface area contributed by atoms with Gasteiger partial charge in [0.1, 0.15) is 0 Å². The molecule has 0 spiro atoms. The third kappa shape index (κ3) is 9.05. The van der Waals surface area contributed by atoms with Gasteiger partial charge in [0.05, 0.1) is 38.6 Å². The van der Waals surface area contributed by atoms with Crippen LogP contribution in [0, 0.1) is 0 Å². The van der Waals surface area contributed by atoms with E-state index in [0.717, 1.165) is 11.1 Å². The first-order chi connectivity index (χ1) is 12.2. The molecule has 0 aliphatic heterocycles. The summed E-state index contributed by atoms with van der Waals surface area (Å²) in [5.74, 6) is 1.06. The topological polar surface area (TPSA) is 58.9 Å². The predicted molar refractivity (Wildman–Crippen MR) is 102 cm³/mol. The van der Waals surface area contributed by atoms with Crippen molar-refractivity contribution in [1.82, 2.24) is 0 Å². The highest BCUT2D eigenvalue weighted by Crippen LogP contribution is 2.08. The zero-order valence-electron chi connectivity index (χ0n) is 14.3. The third-order valence-electron chi connectivity index (χ3n) is 3.46. The quantitative estimate of drug-likeness (QED) is 0.608. The highest BCUT2D eigenvalue weighted by atomic mass is 32.2. The first-order valence-corrected chi connectivity index (χ1v) is 9.56. The lowest BCUT2D eigenvalue weighted by molar-refractivity contribution is 0.0373. The fraction of sp³-hybridized carbons (Fsp3) is 0.400. The van der Waals surface area contributed by atoms with Gasteiger partial charge in [-0.05, 0) is 11.1 Å². The molecule has 5 heteroatoms. The van der Waals surface area contributed by atoms with Crippen molar-refractivity contribution in [2.24, 2.45) is 0 Å². The van der Waals surface area contributed by atoms with Gasteiger partial charge in [-0.2, -0.15) is 11.8 Å². The SMILES string of the molecule is OC(COCc1ccccc1)CSCC(O)COCc1ccccc1. The largest absolute Gasteiger partial charge is 0.390 e. The van der Waals surface area contributed by atoms with E-state index in [1.165, 1.54) is 11.8 Å². The van der Waals surface area contributed by atoms with Gasteiger partial charge in [0, 0.05) is 11.5 Å². The minimum atomic E-state index is -0.536. The minimum absolute atomic E-state index is 0.294. The molecule has 0 radical (unpaired) electrons. The molecule has 2 N–H and O–H groups in total. The van der Waals surface area contributed by atoms with Crippen molar-refractivity contribution >= 4 is 11.8 Å². The summed E-state index contributed by atoms with van der Waals surface area (Å²) in [4.78, 5) is 0. The van der Waals surface area contributed by atoms with Crippen LogP contribution in [0.5, 0.6) is 0 Å². The fourth-order valence-corrected chi connectivity index (χ4v) is 3.08. The molecule has 0 aromatic heterocycles. The number of hydrogen-bond acceptors (Lipinski definition) is 5. The van der Waals surface area contributed by atoms with Crippen molar-refractivity contribution in [1.29, 1.82) is 0 Å². The van der Waals surface area contributed by atoms with Crippen LogP contribution in [-0.4, -0.2) is 47.1 Å². The zero-order valence-corrected chi connectivity index (χ0v) is 15.1. The summed E-state index contributed by atoms with van der Waals surface area (Å²) in [6.45, 7) is 1.59. The molecule has 2 aromatic carbocycles. The van der Waals surface area contributed by atoms with Crippen molar-refractivity contribution in [3.8, 4) is 0 Å². The van der Waals surface area contributed by atoms with E-state index in [-0.39, 0.29) is 0 Å². The maximum Gasteiger partial charge on any atom is 0.0863 e. The normalized spacial score (nSPS) is 13.5. The molecule has 0 aliphatic rings. The Bertz CT molecular complexity index is 513. The number of aliphatic hydroxyl groups excluding tert-OH is 2. The number of aliphatic hydroxyl groups is 2. The summed E-state index contributed by atoms with van der Waals surface area (Å²) in [6, 6.07) is 19.8. The maximum absolute atomic E-state index is 9.91. The first-order valence-electron chi connectivity index (χ1n) is 8.41. The summed E-state index contributed by atoms with van der Waals surface area (Å²) in [5.41, 5.74) is 2.18. The summed E-state index contributed by atoms with van der Waals surface area (Å²) in [6.07, 6.45) is -1.07. The van der Waals surface area contributed by atoms with Gasteiger partial charge in [-0.3, -0.25) is 0 Å². The summed E-state index contributed by atoms with van der Waals surface area (Å²) >= 11 is 1.50. The van der Waals surface area contributed by atoms with Crippen LogP contribution in [0.3, 0.4) is 0 Å². The molecule has 0 saturated carbocycles. The summed E-state index contributed by atoms with van der Waals surface area (Å²) in [5, 5.41) is 19.8. The Morgan fingerprint density at radius 1 is 0.680 bits per heavy atom. The zero-order chi connectivity index (χ0) is 17.7. The standard InChI is InChI=1S/C20H26O4S/c21-19(13-23-11-17-7-3-1-4-8-17)15-25-16-20(22)14-24-12-18-9-5-2-6-10-18/h1-10,19-22H,11-16H2. The smallest absolute Gasteiger partial charge is 0.0863 e. The Balaban J connectivity index is 1.48. The molecule has 2 atom stereocenters. The molecular formula is C20H26O4S. The molecule has 0 fully saturated rings. The van der Waals surface area contributed by atoms with Gasteiger partial charge in [0.15, 0.2) is 0 Å². The molecule has 2 rings (SSSR count). The second-order valence-electron chi connectivity index (χ2n) is 5.85. The highest BCUT2D eigenvalue weighted by Gasteiger charge is 2.09. The van der Waals surface area contributed by atoms with Crippen molar-refractivity contribution < 1.29 is 19.7 Å². The lowest BCUT2D eigenvalue weighted by Crippen LogP contribution is -2.22. The molecule has 0 heterocycles. The molecule has 2 unspecified atom stereocenters. The third-order valence-corrected chi connectivity index (χ3v) is 4.71. The van der Waals surface area contributed by atoms with Gasteiger partial charge < -0.3 is 19.7 Å². The van der Waals surface area contributed by atoms with Crippen LogP contribution in [0.1, 0.15) is 11.1 Å². The van der Waals surface area contributed by atoms with Crippen LogP contribution in [0.2, 0.25) is 0 Å². The average molecular weight is 362 g/mol. The van der Waals surface area contributed by atoms with Crippen molar-refractivity contribution in [3.05, 3.63) is 71.8 Å². The fourth-order valence-electron chi connectivity index (χ4n) is 2.21. The molecule has 136 valence electrons. The van der Waals surface area contributed by atoms with Gasteiger partial charge in [-0.25, -0.2) is 0 Å². The summed E-state index contributed by atoms with van der Waals surface area (Å²) < 4.78 is 11.0. The van der Waals surface area contributed by atoms with Crippen molar-refractivity contribution in [2.75, 3.05) is 24.7 Å². The van der Waals surface area contributed by atoms with E-state index in [9.17, 15) is 10.2 Å². The van der Waals surface area contributed by atoms with Crippen LogP contribution in [0.25, 0.3) is 0 Å². The Hall–Kier alpha value is -1.37. The Kier molecular flexibility index (Phi) is 9.62. The molecule has 25 heavy (non-hydrogen) atoms. The molecule has 0 amide bonds. The average Bonchev–Trinajstić information content (AvgIpc) is 2.63. The number of benzene rings is 2. The minimum Gasteiger partial charge on any atom is -0.390 e. The van der Waals surface area contributed by atoms with Crippen LogP contribution in [-0.2, 0) is 22.7 Å². The van der Waals surface area contributed by atoms with Crippen molar-refractivity contribution in [2.45, 2.75) is 25.4 Å². The van der Waals surface area contributed by atoms with Crippen LogP contribution in [0.4, 0.5) is 0 Å². The van der Waals surface area contributed by atoms with Crippen LogP contribution in [0.15, 0.2) is 60.7 Å². The summed E-state index contributed by atoms with van der Waals surface area (Å²) in [7, 11) is 0. The first kappa shape index (κ1) is 19.9. The van der Waals surface area contributed by atoms with Gasteiger partial charge in [0.2, 0.25) is 0 Å². The maximum atomic E-state index is 9.91. The van der Waals surface area contributed by atoms with E-state index in [1.807, 2.05) is 60.7 Å². The van der Waals surface area contributed by atoms with E-state index in [4.69, 9.17) is 9.47 Å². The molecule has 4 nitrogen and oxygen atoms in total. The van der Waals surface area contributed by atoms with Crippen molar-refractivity contribution in [3.63, 3.8) is 0 Å². The van der Waals surface area contributed by atoms with Crippen LogP contribution >= 0.6 is 11.8 Å². The van der Waals surface area contributed by atoms with Gasteiger partial charge in [0.25, 0.3) is 0 Å². The monoisotopic (exact) mass is 362 g/mol. The number of ether oxygens (including phenoxy) is 2. The molecule has 0 saturated heterocycles. The predicted octanol–water partition coefficient (Wildman–Crippen LogP) is 2.88. The lowest BCUT2D eigenvalue weighted by Gasteiger charge is -2.14. The number of hydrogen-bond donors (Lipinski definition) is 2. The second kappa shape index (κ2) is 12.1. The van der Waals surface area contributed by atoms with Gasteiger partial charge >= 0.3 is 0 Å². The molecular weight excluding hydrogens is 336 g/mol. The number of rotatable bonds is 12. The lowest BCUT2D eigenvalue weighted by atomic mass is 10.2. The molecule has 0 bridgehead atoms. The molecule has 2 aromatic rings. The van der Waals surface area contributed by atoms with E-state index in [0.29, 0.717) is 37.9 Å². The highest BCUT2D eigenvalue weighted by molar-refractivity contribution is 7.99. The number of thioether (sulfide) groups is 1. The Morgan fingerprint density at radius 2 is 1.08 bits per heavy atom. The Labute approximate surface area is 153 Å². The van der Waals surface area contributed by atoms with E-state index < -0.39 is 12.2 Å².